The van der Waals surface area contributed by atoms with Crippen molar-refractivity contribution in [2.75, 3.05) is 19.8 Å². The molecule has 0 N–H and O–H groups in total. The number of hydrogen-bond acceptors (Lipinski definition) is 2. The minimum Gasteiger partial charge on any atom is -0.349 e. The molecule has 2 nitrogen and oxygen atoms in total. The molecule has 1 atom stereocenters. The molecule has 0 bridgehead atoms. The highest BCUT2D eigenvalue weighted by atomic mass is 19.4. The van der Waals surface area contributed by atoms with Gasteiger partial charge in [-0.05, 0) is 18.4 Å². The summed E-state index contributed by atoms with van der Waals surface area (Å²) in [5.41, 5.74) is 0.159. The van der Waals surface area contributed by atoms with Gasteiger partial charge in [-0.15, -0.1) is 0 Å². The van der Waals surface area contributed by atoms with Crippen LogP contribution in [-0.2, 0) is 4.74 Å². The first-order chi connectivity index (χ1) is 9.07. The van der Waals surface area contributed by atoms with Crippen molar-refractivity contribution in [2.24, 2.45) is 0 Å². The first-order valence-corrected chi connectivity index (χ1v) is 6.53. The minimum absolute atomic E-state index is 0.0407. The van der Waals surface area contributed by atoms with Gasteiger partial charge in [0.15, 0.2) is 6.10 Å². The van der Waals surface area contributed by atoms with Crippen LogP contribution >= 0.6 is 0 Å². The van der Waals surface area contributed by atoms with E-state index >= 15 is 0 Å². The Morgan fingerprint density at radius 1 is 1.05 bits per heavy atom. The molecule has 1 aromatic rings. The van der Waals surface area contributed by atoms with E-state index in [2.05, 4.69) is 0 Å². The van der Waals surface area contributed by atoms with Crippen LogP contribution in [0, 0.1) is 0 Å². The number of ether oxygens (including phenoxy) is 1. The maximum absolute atomic E-state index is 13.0. The monoisotopic (exact) mass is 273 g/mol. The summed E-state index contributed by atoms with van der Waals surface area (Å²) in [6.07, 6.45) is -3.00. The van der Waals surface area contributed by atoms with Crippen LogP contribution in [0.2, 0.25) is 0 Å². The fourth-order valence-electron chi connectivity index (χ4n) is 2.28. The summed E-state index contributed by atoms with van der Waals surface area (Å²) in [5, 5.41) is 0. The SMILES string of the molecule is FC(F)(F)C(OCN1CCCCC1)c1ccccc1. The molecule has 1 aliphatic heterocycles. The molecule has 1 aromatic carbocycles. The maximum Gasteiger partial charge on any atom is 0.418 e. The van der Waals surface area contributed by atoms with Crippen molar-refractivity contribution >= 4 is 0 Å². The quantitative estimate of drug-likeness (QED) is 0.828. The molecule has 5 heteroatoms. The third kappa shape index (κ3) is 4.21. The largest absolute Gasteiger partial charge is 0.418 e. The molecule has 0 spiro atoms. The van der Waals surface area contributed by atoms with E-state index in [4.69, 9.17) is 4.74 Å². The zero-order valence-electron chi connectivity index (χ0n) is 10.7. The van der Waals surface area contributed by atoms with Gasteiger partial charge < -0.3 is 4.74 Å². The zero-order valence-corrected chi connectivity index (χ0v) is 10.7. The molecule has 0 saturated carbocycles. The fraction of sp³-hybridized carbons (Fsp3) is 0.571. The topological polar surface area (TPSA) is 12.5 Å². The van der Waals surface area contributed by atoms with E-state index in [1.54, 1.807) is 18.2 Å². The molecule has 0 aliphatic carbocycles. The molecular formula is C14H18F3NO. The number of alkyl halides is 3. The molecule has 1 saturated heterocycles. The molecule has 1 unspecified atom stereocenters. The maximum atomic E-state index is 13.0. The molecule has 0 amide bonds. The van der Waals surface area contributed by atoms with Crippen LogP contribution in [0.25, 0.3) is 0 Å². The van der Waals surface area contributed by atoms with E-state index in [0.29, 0.717) is 0 Å². The van der Waals surface area contributed by atoms with Gasteiger partial charge in [0, 0.05) is 13.1 Å². The number of hydrogen-bond donors (Lipinski definition) is 0. The Kier molecular flexibility index (Phi) is 4.82. The summed E-state index contributed by atoms with van der Waals surface area (Å²) in [7, 11) is 0. The summed E-state index contributed by atoms with van der Waals surface area (Å²) in [4.78, 5) is 1.94. The van der Waals surface area contributed by atoms with E-state index in [-0.39, 0.29) is 12.3 Å². The van der Waals surface area contributed by atoms with E-state index in [9.17, 15) is 13.2 Å². The Labute approximate surface area is 111 Å². The van der Waals surface area contributed by atoms with Gasteiger partial charge in [0.1, 0.15) is 6.73 Å². The molecule has 1 heterocycles. The van der Waals surface area contributed by atoms with Crippen LogP contribution in [-0.4, -0.2) is 30.9 Å². The molecule has 1 aliphatic rings. The summed E-state index contributed by atoms with van der Waals surface area (Å²) >= 11 is 0. The summed E-state index contributed by atoms with van der Waals surface area (Å²) in [6.45, 7) is 1.68. The van der Waals surface area contributed by atoms with Crippen molar-refractivity contribution in [1.29, 1.82) is 0 Å². The van der Waals surface area contributed by atoms with Gasteiger partial charge in [-0.25, -0.2) is 0 Å². The van der Waals surface area contributed by atoms with E-state index < -0.39 is 12.3 Å². The van der Waals surface area contributed by atoms with Gasteiger partial charge in [-0.2, -0.15) is 13.2 Å². The van der Waals surface area contributed by atoms with Crippen LogP contribution in [0.4, 0.5) is 13.2 Å². The third-order valence-corrected chi connectivity index (χ3v) is 3.27. The van der Waals surface area contributed by atoms with Gasteiger partial charge in [0.05, 0.1) is 0 Å². The Bertz CT molecular complexity index is 374. The molecule has 0 radical (unpaired) electrons. The number of piperidine rings is 1. The van der Waals surface area contributed by atoms with Crippen LogP contribution in [0.1, 0.15) is 30.9 Å². The third-order valence-electron chi connectivity index (χ3n) is 3.27. The second kappa shape index (κ2) is 6.39. The number of halogens is 3. The predicted molar refractivity (Wildman–Crippen MR) is 66.6 cm³/mol. The smallest absolute Gasteiger partial charge is 0.349 e. The Morgan fingerprint density at radius 2 is 1.68 bits per heavy atom. The highest BCUT2D eigenvalue weighted by Crippen LogP contribution is 2.35. The average molecular weight is 273 g/mol. The van der Waals surface area contributed by atoms with Crippen LogP contribution in [0.5, 0.6) is 0 Å². The van der Waals surface area contributed by atoms with Gasteiger partial charge >= 0.3 is 6.18 Å². The van der Waals surface area contributed by atoms with Crippen molar-refractivity contribution < 1.29 is 17.9 Å². The summed E-state index contributed by atoms with van der Waals surface area (Å²) in [6, 6.07) is 7.79. The summed E-state index contributed by atoms with van der Waals surface area (Å²) < 4.78 is 44.2. The van der Waals surface area contributed by atoms with E-state index in [1.165, 1.54) is 12.1 Å². The number of rotatable bonds is 4. The molecule has 106 valence electrons. The lowest BCUT2D eigenvalue weighted by Crippen LogP contribution is -2.35. The average Bonchev–Trinajstić information content (AvgIpc) is 2.40. The van der Waals surface area contributed by atoms with Crippen LogP contribution < -0.4 is 0 Å². The molecular weight excluding hydrogens is 255 g/mol. The van der Waals surface area contributed by atoms with E-state index in [0.717, 1.165) is 32.4 Å². The lowest BCUT2D eigenvalue weighted by molar-refractivity contribution is -0.234. The van der Waals surface area contributed by atoms with Crippen molar-refractivity contribution in [2.45, 2.75) is 31.5 Å². The standard InChI is InChI=1S/C14H18F3NO/c15-14(16,17)13(12-7-3-1-4-8-12)19-11-18-9-5-2-6-10-18/h1,3-4,7-8,13H,2,5-6,9-11H2. The predicted octanol–water partition coefficient (Wildman–Crippen LogP) is 3.75. The van der Waals surface area contributed by atoms with E-state index in [1.807, 2.05) is 4.90 Å². The lowest BCUT2D eigenvalue weighted by Gasteiger charge is -2.29. The second-order valence-electron chi connectivity index (χ2n) is 4.81. The molecule has 2 rings (SSSR count). The number of benzene rings is 1. The zero-order chi connectivity index (χ0) is 13.7. The number of likely N-dealkylation sites (tertiary alicyclic amines) is 1. The van der Waals surface area contributed by atoms with Crippen molar-refractivity contribution in [3.8, 4) is 0 Å². The normalized spacial score (nSPS) is 19.3. The molecule has 19 heavy (non-hydrogen) atoms. The van der Waals surface area contributed by atoms with Crippen molar-refractivity contribution in [1.82, 2.24) is 4.90 Å². The highest BCUT2D eigenvalue weighted by molar-refractivity contribution is 5.18. The second-order valence-corrected chi connectivity index (χ2v) is 4.81. The minimum atomic E-state index is -4.38. The van der Waals surface area contributed by atoms with Gasteiger partial charge in [0.25, 0.3) is 0 Å². The number of nitrogens with zero attached hydrogens (tertiary/aromatic N) is 1. The fourth-order valence-corrected chi connectivity index (χ4v) is 2.28. The van der Waals surface area contributed by atoms with Crippen molar-refractivity contribution in [3.05, 3.63) is 35.9 Å². The van der Waals surface area contributed by atoms with Gasteiger partial charge in [0.2, 0.25) is 0 Å². The Hall–Kier alpha value is -1.07. The van der Waals surface area contributed by atoms with Crippen molar-refractivity contribution in [3.63, 3.8) is 0 Å². The van der Waals surface area contributed by atoms with Gasteiger partial charge in [-0.1, -0.05) is 36.8 Å². The first kappa shape index (κ1) is 14.3. The molecule has 0 aromatic heterocycles. The van der Waals surface area contributed by atoms with Crippen LogP contribution in [0.15, 0.2) is 30.3 Å². The Morgan fingerprint density at radius 3 is 2.26 bits per heavy atom. The highest BCUT2D eigenvalue weighted by Gasteiger charge is 2.42. The van der Waals surface area contributed by atoms with Crippen LogP contribution in [0.3, 0.4) is 0 Å². The molecule has 1 fully saturated rings. The van der Waals surface area contributed by atoms with Gasteiger partial charge in [-0.3, -0.25) is 4.90 Å². The Balaban J connectivity index is 1.99. The summed E-state index contributed by atoms with van der Waals surface area (Å²) in [5.74, 6) is 0. The first-order valence-electron chi connectivity index (χ1n) is 6.53. The lowest BCUT2D eigenvalue weighted by atomic mass is 10.1.